The van der Waals surface area contributed by atoms with E-state index in [1.807, 2.05) is 6.92 Å². The number of carbonyl (C=O) groups excluding carboxylic acids is 1. The Morgan fingerprint density at radius 1 is 1.38 bits per heavy atom. The van der Waals surface area contributed by atoms with Crippen molar-refractivity contribution >= 4 is 23.2 Å². The highest BCUT2D eigenvalue weighted by Crippen LogP contribution is 2.14. The Morgan fingerprint density at radius 2 is 2.19 bits per heavy atom. The first-order valence-electron chi connectivity index (χ1n) is 6.69. The van der Waals surface area contributed by atoms with Crippen LogP contribution in [0.25, 0.3) is 0 Å². The maximum Gasteiger partial charge on any atom is 0.253 e. The molecule has 0 atom stereocenters. The lowest BCUT2D eigenvalue weighted by molar-refractivity contribution is -0.116. The second-order valence-electron chi connectivity index (χ2n) is 4.65. The maximum absolute atomic E-state index is 11.9. The minimum absolute atomic E-state index is 0.0786. The Kier molecular flexibility index (Phi) is 5.11. The molecule has 1 amide bonds. The number of benzene rings is 1. The SMILES string of the molecule is CCCc1cc(=O)n(CC(=O)Nc2cccc(Cl)c2)cn1. The summed E-state index contributed by atoms with van der Waals surface area (Å²) in [5.74, 6) is -0.301. The average molecular weight is 306 g/mol. The van der Waals surface area contributed by atoms with Gasteiger partial charge in [-0.1, -0.05) is 31.0 Å². The Hall–Kier alpha value is -2.14. The van der Waals surface area contributed by atoms with Crippen LogP contribution in [0.15, 0.2) is 41.5 Å². The van der Waals surface area contributed by atoms with Gasteiger partial charge in [-0.25, -0.2) is 4.98 Å². The number of nitrogens with zero attached hydrogens (tertiary/aromatic N) is 2. The van der Waals surface area contributed by atoms with Crippen LogP contribution in [-0.4, -0.2) is 15.5 Å². The van der Waals surface area contributed by atoms with E-state index in [1.165, 1.54) is 17.0 Å². The molecule has 0 aliphatic rings. The average Bonchev–Trinajstić information content (AvgIpc) is 2.42. The van der Waals surface area contributed by atoms with E-state index in [1.54, 1.807) is 24.3 Å². The molecule has 5 nitrogen and oxygen atoms in total. The molecule has 0 bridgehead atoms. The van der Waals surface area contributed by atoms with Gasteiger partial charge in [-0.05, 0) is 24.6 Å². The zero-order valence-electron chi connectivity index (χ0n) is 11.7. The Morgan fingerprint density at radius 3 is 2.86 bits per heavy atom. The van der Waals surface area contributed by atoms with Crippen molar-refractivity contribution in [1.29, 1.82) is 0 Å². The molecule has 0 aliphatic heterocycles. The minimum Gasteiger partial charge on any atom is -0.324 e. The van der Waals surface area contributed by atoms with Crippen LogP contribution in [-0.2, 0) is 17.8 Å². The van der Waals surface area contributed by atoms with Crippen molar-refractivity contribution in [2.75, 3.05) is 5.32 Å². The number of carbonyl (C=O) groups is 1. The van der Waals surface area contributed by atoms with Gasteiger partial charge in [0.05, 0.1) is 6.33 Å². The number of aromatic nitrogens is 2. The molecular weight excluding hydrogens is 290 g/mol. The second kappa shape index (κ2) is 7.04. The molecule has 2 aromatic rings. The summed E-state index contributed by atoms with van der Waals surface area (Å²) in [5.41, 5.74) is 1.11. The van der Waals surface area contributed by atoms with Crippen molar-refractivity contribution < 1.29 is 4.79 Å². The van der Waals surface area contributed by atoms with E-state index in [0.29, 0.717) is 10.7 Å². The van der Waals surface area contributed by atoms with Gasteiger partial charge >= 0.3 is 0 Å². The highest BCUT2D eigenvalue weighted by Gasteiger charge is 2.06. The topological polar surface area (TPSA) is 64.0 Å². The van der Waals surface area contributed by atoms with Gasteiger partial charge in [-0.15, -0.1) is 0 Å². The molecule has 0 spiro atoms. The highest BCUT2D eigenvalue weighted by molar-refractivity contribution is 6.30. The van der Waals surface area contributed by atoms with Gasteiger partial charge in [0.2, 0.25) is 5.91 Å². The van der Waals surface area contributed by atoms with E-state index in [4.69, 9.17) is 11.6 Å². The standard InChI is InChI=1S/C15H16ClN3O2/c1-2-4-12-8-15(21)19(10-17-12)9-14(20)18-13-6-3-5-11(16)7-13/h3,5-8,10H,2,4,9H2,1H3,(H,18,20). The molecule has 0 fully saturated rings. The van der Waals surface area contributed by atoms with Crippen molar-refractivity contribution in [2.24, 2.45) is 0 Å². The van der Waals surface area contributed by atoms with Gasteiger partial charge in [0.25, 0.3) is 5.56 Å². The van der Waals surface area contributed by atoms with Crippen molar-refractivity contribution in [1.82, 2.24) is 9.55 Å². The summed E-state index contributed by atoms with van der Waals surface area (Å²) in [7, 11) is 0. The van der Waals surface area contributed by atoms with Gasteiger partial charge in [0.1, 0.15) is 6.54 Å². The molecular formula is C15H16ClN3O2. The molecule has 1 heterocycles. The fourth-order valence-corrected chi connectivity index (χ4v) is 2.09. The van der Waals surface area contributed by atoms with E-state index in [2.05, 4.69) is 10.3 Å². The van der Waals surface area contributed by atoms with Crippen LogP contribution in [0.1, 0.15) is 19.0 Å². The summed E-state index contributed by atoms with van der Waals surface area (Å²) in [6, 6.07) is 8.31. The summed E-state index contributed by atoms with van der Waals surface area (Å²) >= 11 is 5.84. The lowest BCUT2D eigenvalue weighted by Crippen LogP contribution is -2.27. The van der Waals surface area contributed by atoms with Crippen molar-refractivity contribution in [3.63, 3.8) is 0 Å². The number of anilines is 1. The van der Waals surface area contributed by atoms with Crippen molar-refractivity contribution in [3.05, 3.63) is 57.7 Å². The number of amides is 1. The molecule has 21 heavy (non-hydrogen) atoms. The number of aryl methyl sites for hydroxylation is 1. The van der Waals surface area contributed by atoms with Gasteiger partial charge < -0.3 is 5.32 Å². The molecule has 6 heteroatoms. The molecule has 2 rings (SSSR count). The molecule has 1 aromatic carbocycles. The number of hydrogen-bond donors (Lipinski definition) is 1. The van der Waals surface area contributed by atoms with Crippen LogP contribution < -0.4 is 10.9 Å². The molecule has 0 unspecified atom stereocenters. The predicted molar refractivity (Wildman–Crippen MR) is 82.6 cm³/mol. The normalized spacial score (nSPS) is 10.4. The van der Waals surface area contributed by atoms with Crippen LogP contribution in [0.3, 0.4) is 0 Å². The monoisotopic (exact) mass is 305 g/mol. The lowest BCUT2D eigenvalue weighted by atomic mass is 10.2. The molecule has 0 saturated heterocycles. The fourth-order valence-electron chi connectivity index (χ4n) is 1.90. The first-order valence-corrected chi connectivity index (χ1v) is 7.07. The zero-order chi connectivity index (χ0) is 15.2. The van der Waals surface area contributed by atoms with E-state index in [9.17, 15) is 9.59 Å². The summed E-state index contributed by atoms with van der Waals surface area (Å²) < 4.78 is 1.28. The molecule has 0 saturated carbocycles. The summed E-state index contributed by atoms with van der Waals surface area (Å²) in [4.78, 5) is 28.0. The summed E-state index contributed by atoms with van der Waals surface area (Å²) in [5, 5.41) is 3.22. The first kappa shape index (κ1) is 15.3. The van der Waals surface area contributed by atoms with Crippen molar-refractivity contribution in [3.8, 4) is 0 Å². The van der Waals surface area contributed by atoms with Crippen LogP contribution in [0.5, 0.6) is 0 Å². The van der Waals surface area contributed by atoms with E-state index >= 15 is 0 Å². The quantitative estimate of drug-likeness (QED) is 0.923. The van der Waals surface area contributed by atoms with Gasteiger partial charge in [-0.3, -0.25) is 14.2 Å². The zero-order valence-corrected chi connectivity index (χ0v) is 12.4. The van der Waals surface area contributed by atoms with Gasteiger partial charge in [-0.2, -0.15) is 0 Å². The summed E-state index contributed by atoms with van der Waals surface area (Å²) in [6.07, 6.45) is 3.08. The Bertz CT molecular complexity index is 697. The third kappa shape index (κ3) is 4.43. The third-order valence-electron chi connectivity index (χ3n) is 2.86. The summed E-state index contributed by atoms with van der Waals surface area (Å²) in [6.45, 7) is 1.94. The largest absolute Gasteiger partial charge is 0.324 e. The third-order valence-corrected chi connectivity index (χ3v) is 3.10. The number of rotatable bonds is 5. The number of hydrogen-bond acceptors (Lipinski definition) is 3. The molecule has 1 aromatic heterocycles. The highest BCUT2D eigenvalue weighted by atomic mass is 35.5. The second-order valence-corrected chi connectivity index (χ2v) is 5.09. The minimum atomic E-state index is -0.301. The molecule has 110 valence electrons. The van der Waals surface area contributed by atoms with Crippen molar-refractivity contribution in [2.45, 2.75) is 26.3 Å². The van der Waals surface area contributed by atoms with Gasteiger partial charge in [0.15, 0.2) is 0 Å². The van der Waals surface area contributed by atoms with Crippen LogP contribution in [0, 0.1) is 0 Å². The molecule has 1 N–H and O–H groups in total. The van der Waals surface area contributed by atoms with Gasteiger partial charge in [0, 0.05) is 22.5 Å². The molecule has 0 radical (unpaired) electrons. The van der Waals surface area contributed by atoms with Crippen LogP contribution >= 0.6 is 11.6 Å². The van der Waals surface area contributed by atoms with Crippen LogP contribution in [0.2, 0.25) is 5.02 Å². The van der Waals surface area contributed by atoms with E-state index in [-0.39, 0.29) is 18.0 Å². The number of nitrogens with one attached hydrogen (secondary N) is 1. The van der Waals surface area contributed by atoms with E-state index in [0.717, 1.165) is 18.5 Å². The van der Waals surface area contributed by atoms with E-state index < -0.39 is 0 Å². The Labute approximate surface area is 127 Å². The van der Waals surface area contributed by atoms with Crippen LogP contribution in [0.4, 0.5) is 5.69 Å². The molecule has 0 aliphatic carbocycles. The first-order chi connectivity index (χ1) is 10.1. The fraction of sp³-hybridized carbons (Fsp3) is 0.267. The maximum atomic E-state index is 11.9. The lowest BCUT2D eigenvalue weighted by Gasteiger charge is -2.08. The predicted octanol–water partition coefficient (Wildman–Crippen LogP) is 2.49. The Balaban J connectivity index is 2.04. The number of halogens is 1. The smallest absolute Gasteiger partial charge is 0.253 e.